The van der Waals surface area contributed by atoms with Gasteiger partial charge in [0.15, 0.2) is 17.4 Å². The molecule has 0 heterocycles. The first-order valence-electron chi connectivity index (χ1n) is 7.14. The van der Waals surface area contributed by atoms with E-state index in [9.17, 15) is 17.6 Å². The van der Waals surface area contributed by atoms with Crippen molar-refractivity contribution < 1.29 is 22.3 Å². The van der Waals surface area contributed by atoms with Gasteiger partial charge in [0, 0.05) is 6.07 Å². The van der Waals surface area contributed by atoms with Gasteiger partial charge in [-0.05, 0) is 18.6 Å². The van der Waals surface area contributed by atoms with Gasteiger partial charge in [-0.2, -0.15) is 21.4 Å². The molecule has 0 radical (unpaired) electrons. The highest BCUT2D eigenvalue weighted by molar-refractivity contribution is 7.80. The van der Waals surface area contributed by atoms with Crippen molar-refractivity contribution in [3.8, 4) is 5.75 Å². The molecule has 1 rings (SSSR count). The summed E-state index contributed by atoms with van der Waals surface area (Å²) in [5.41, 5.74) is 0. The second-order valence-corrected chi connectivity index (χ2v) is 5.29. The van der Waals surface area contributed by atoms with Crippen molar-refractivity contribution in [2.24, 2.45) is 0 Å². The highest BCUT2D eigenvalue weighted by Gasteiger charge is 2.20. The van der Waals surface area contributed by atoms with E-state index in [2.05, 4.69) is 12.6 Å². The Kier molecular flexibility index (Phi) is 8.57. The Balaban J connectivity index is 2.24. The number of unbranched alkanes of at least 4 members (excludes halogenated alkanes) is 6. The molecule has 0 saturated heterocycles. The van der Waals surface area contributed by atoms with Crippen molar-refractivity contribution in [1.29, 1.82) is 0 Å². The smallest absolute Gasteiger partial charge is 0.203 e. The van der Waals surface area contributed by atoms with Gasteiger partial charge in [-0.15, -0.1) is 0 Å². The summed E-state index contributed by atoms with van der Waals surface area (Å²) in [6.07, 6.45) is 6.92. The van der Waals surface area contributed by atoms with E-state index in [1.807, 2.05) is 0 Å². The largest absolute Gasteiger partial charge is 0.487 e. The third-order valence-corrected chi connectivity index (χ3v) is 3.44. The molecule has 1 aromatic carbocycles. The molecule has 21 heavy (non-hydrogen) atoms. The first kappa shape index (κ1) is 18.1. The normalized spacial score (nSPS) is 10.9. The van der Waals surface area contributed by atoms with Crippen molar-refractivity contribution >= 4 is 12.6 Å². The highest BCUT2D eigenvalue weighted by Crippen LogP contribution is 2.26. The van der Waals surface area contributed by atoms with Crippen molar-refractivity contribution in [1.82, 2.24) is 0 Å². The standard InChI is InChI=1S/C15H20F4OS/c16-11-10-12(17)14(19)15(13(11)18)20-8-6-4-2-1-3-5-7-9-21/h10,21H,1-9H2. The lowest BCUT2D eigenvalue weighted by atomic mass is 10.1. The fourth-order valence-electron chi connectivity index (χ4n) is 1.95. The molecule has 0 aromatic heterocycles. The van der Waals surface area contributed by atoms with Gasteiger partial charge in [0.2, 0.25) is 11.6 Å². The first-order chi connectivity index (χ1) is 10.1. The minimum absolute atomic E-state index is 0.0351. The molecule has 0 aliphatic rings. The zero-order chi connectivity index (χ0) is 15.7. The summed E-state index contributed by atoms with van der Waals surface area (Å²) >= 11 is 4.13. The molecule has 0 N–H and O–H groups in total. The maximum Gasteiger partial charge on any atom is 0.203 e. The van der Waals surface area contributed by atoms with E-state index in [-0.39, 0.29) is 12.7 Å². The van der Waals surface area contributed by atoms with Crippen molar-refractivity contribution in [2.45, 2.75) is 44.9 Å². The van der Waals surface area contributed by atoms with E-state index in [1.165, 1.54) is 0 Å². The average molecular weight is 324 g/mol. The van der Waals surface area contributed by atoms with Crippen LogP contribution in [0.2, 0.25) is 0 Å². The Labute approximate surface area is 128 Å². The van der Waals surface area contributed by atoms with Crippen LogP contribution in [0.15, 0.2) is 6.07 Å². The first-order valence-corrected chi connectivity index (χ1v) is 7.77. The Hall–Kier alpha value is -0.910. The summed E-state index contributed by atoms with van der Waals surface area (Å²) in [7, 11) is 0. The minimum Gasteiger partial charge on any atom is -0.487 e. The molecule has 1 aromatic rings. The number of hydrogen-bond acceptors (Lipinski definition) is 2. The fraction of sp³-hybridized carbons (Fsp3) is 0.600. The molecule has 0 bridgehead atoms. The zero-order valence-corrected chi connectivity index (χ0v) is 12.7. The number of hydrogen-bond donors (Lipinski definition) is 1. The zero-order valence-electron chi connectivity index (χ0n) is 11.8. The lowest BCUT2D eigenvalue weighted by Crippen LogP contribution is -2.05. The van der Waals surface area contributed by atoms with Crippen LogP contribution >= 0.6 is 12.6 Å². The molecular weight excluding hydrogens is 304 g/mol. The molecule has 1 nitrogen and oxygen atoms in total. The Morgan fingerprint density at radius 2 is 1.24 bits per heavy atom. The van der Waals surface area contributed by atoms with Gasteiger partial charge >= 0.3 is 0 Å². The number of benzene rings is 1. The monoisotopic (exact) mass is 324 g/mol. The van der Waals surface area contributed by atoms with Crippen LogP contribution in [0.1, 0.15) is 44.9 Å². The summed E-state index contributed by atoms with van der Waals surface area (Å²) < 4.78 is 57.3. The van der Waals surface area contributed by atoms with Gasteiger partial charge < -0.3 is 4.74 Å². The van der Waals surface area contributed by atoms with Crippen LogP contribution < -0.4 is 4.74 Å². The maximum absolute atomic E-state index is 13.3. The second-order valence-electron chi connectivity index (χ2n) is 4.84. The quantitative estimate of drug-likeness (QED) is 0.266. The van der Waals surface area contributed by atoms with Crippen molar-refractivity contribution in [2.75, 3.05) is 12.4 Å². The number of halogens is 4. The van der Waals surface area contributed by atoms with Gasteiger partial charge in [0.05, 0.1) is 6.61 Å². The number of rotatable bonds is 10. The molecule has 0 aliphatic carbocycles. The molecule has 0 unspecified atom stereocenters. The van der Waals surface area contributed by atoms with Crippen LogP contribution in [-0.4, -0.2) is 12.4 Å². The van der Waals surface area contributed by atoms with Crippen LogP contribution in [-0.2, 0) is 0 Å². The van der Waals surface area contributed by atoms with E-state index in [1.54, 1.807) is 0 Å². The maximum atomic E-state index is 13.3. The molecule has 0 spiro atoms. The molecule has 0 fully saturated rings. The van der Waals surface area contributed by atoms with Gasteiger partial charge in [-0.3, -0.25) is 0 Å². The highest BCUT2D eigenvalue weighted by atomic mass is 32.1. The SMILES string of the molecule is Fc1cc(F)c(F)c(OCCCCCCCCCS)c1F. The molecule has 0 saturated carbocycles. The summed E-state index contributed by atoms with van der Waals surface area (Å²) in [6, 6.07) is 0.169. The van der Waals surface area contributed by atoms with Crippen LogP contribution in [0.3, 0.4) is 0 Å². The Bertz CT molecular complexity index is 414. The predicted octanol–water partition coefficient (Wildman–Crippen LogP) is 5.28. The number of ether oxygens (including phenoxy) is 1. The lowest BCUT2D eigenvalue weighted by molar-refractivity contribution is 0.263. The minimum atomic E-state index is -1.49. The van der Waals surface area contributed by atoms with E-state index < -0.39 is 29.0 Å². The molecule has 0 aliphatic heterocycles. The topological polar surface area (TPSA) is 9.23 Å². The summed E-state index contributed by atoms with van der Waals surface area (Å²) in [4.78, 5) is 0. The average Bonchev–Trinajstić information content (AvgIpc) is 2.46. The Morgan fingerprint density at radius 1 is 0.762 bits per heavy atom. The third-order valence-electron chi connectivity index (χ3n) is 3.12. The second kappa shape index (κ2) is 9.92. The van der Waals surface area contributed by atoms with Gasteiger partial charge in [0.25, 0.3) is 0 Å². The lowest BCUT2D eigenvalue weighted by Gasteiger charge is -2.09. The van der Waals surface area contributed by atoms with E-state index >= 15 is 0 Å². The van der Waals surface area contributed by atoms with Gasteiger partial charge in [0.1, 0.15) is 0 Å². The van der Waals surface area contributed by atoms with Crippen LogP contribution in [0, 0.1) is 23.3 Å². The molecule has 120 valence electrons. The molecule has 0 amide bonds. The molecule has 0 atom stereocenters. The van der Waals surface area contributed by atoms with E-state index in [0.29, 0.717) is 6.42 Å². The van der Waals surface area contributed by atoms with E-state index in [4.69, 9.17) is 4.74 Å². The van der Waals surface area contributed by atoms with E-state index in [0.717, 1.165) is 44.3 Å². The predicted molar refractivity (Wildman–Crippen MR) is 77.9 cm³/mol. The summed E-state index contributed by atoms with van der Waals surface area (Å²) in [6.45, 7) is 0.0351. The Morgan fingerprint density at radius 3 is 1.76 bits per heavy atom. The van der Waals surface area contributed by atoms with Crippen LogP contribution in [0.5, 0.6) is 5.75 Å². The van der Waals surface area contributed by atoms with Crippen LogP contribution in [0.4, 0.5) is 17.6 Å². The summed E-state index contributed by atoms with van der Waals surface area (Å²) in [5, 5.41) is 0. The molecule has 6 heteroatoms. The third kappa shape index (κ3) is 6.16. The van der Waals surface area contributed by atoms with Gasteiger partial charge in [-0.25, -0.2) is 8.78 Å². The van der Waals surface area contributed by atoms with Crippen molar-refractivity contribution in [3.63, 3.8) is 0 Å². The number of thiol groups is 1. The fourth-order valence-corrected chi connectivity index (χ4v) is 2.17. The molecular formula is C15H20F4OS. The van der Waals surface area contributed by atoms with Crippen LogP contribution in [0.25, 0.3) is 0 Å². The van der Waals surface area contributed by atoms with Gasteiger partial charge in [-0.1, -0.05) is 32.1 Å². The van der Waals surface area contributed by atoms with Crippen molar-refractivity contribution in [3.05, 3.63) is 29.3 Å². The summed E-state index contributed by atoms with van der Waals surface area (Å²) in [5.74, 6) is -5.95.